The van der Waals surface area contributed by atoms with Crippen LogP contribution in [0, 0.1) is 27.7 Å². The Balaban J connectivity index is 1.80. The highest BCUT2D eigenvalue weighted by atomic mass is 16.6. The van der Waals surface area contributed by atoms with Crippen LogP contribution in [0.4, 0.5) is 0 Å². The van der Waals surface area contributed by atoms with Crippen molar-refractivity contribution in [1.82, 2.24) is 0 Å². The number of aldehydes is 2. The van der Waals surface area contributed by atoms with E-state index in [1.165, 1.54) is 28.4 Å². The average Bonchev–Trinajstić information content (AvgIpc) is 3.24. The van der Waals surface area contributed by atoms with Crippen molar-refractivity contribution in [3.8, 4) is 23.0 Å². The van der Waals surface area contributed by atoms with Crippen LogP contribution in [0.5, 0.6) is 23.0 Å². The van der Waals surface area contributed by atoms with E-state index in [0.717, 1.165) is 55.6 Å². The summed E-state index contributed by atoms with van der Waals surface area (Å²) in [6.45, 7) is 6.34. The molecule has 0 aliphatic carbocycles. The first-order chi connectivity index (χ1) is 28.3. The predicted molar refractivity (Wildman–Crippen MR) is 214 cm³/mol. The van der Waals surface area contributed by atoms with Gasteiger partial charge in [-0.25, -0.2) is 19.2 Å². The fraction of sp³-hybridized carbons (Fsp3) is 0.333. The number of hydrogen-bond acceptors (Lipinski definition) is 14. The lowest BCUT2D eigenvalue weighted by molar-refractivity contribution is -0.143. The molecule has 0 aromatic heterocycles. The Morgan fingerprint density at radius 2 is 0.814 bits per heavy atom. The zero-order chi connectivity index (χ0) is 43.2. The summed E-state index contributed by atoms with van der Waals surface area (Å²) in [5.41, 5.74) is 8.77. The fourth-order valence-corrected chi connectivity index (χ4v) is 6.52. The molecule has 0 N–H and O–H groups in total. The standard InChI is InChI=1S/C45H48O14/c1-26-13-32(28(3)36(44(26)58-24-42(50)54-7)17-30-9-11-38(34(15-30)20-46)56-22-40(48)52-5)19-33-14-27(2)45(59-25-43(51)55-8)37(29(33)4)18-31-10-12-39(35(16-31)21-47)57-23-41(49)53-6/h9-16,20-21H,17-19,22-25H2,1-8H3. The van der Waals surface area contributed by atoms with Crippen LogP contribution in [0.25, 0.3) is 0 Å². The molecule has 0 saturated carbocycles. The van der Waals surface area contributed by atoms with Crippen LogP contribution in [0.1, 0.15) is 76.4 Å². The lowest BCUT2D eigenvalue weighted by Gasteiger charge is -2.23. The minimum absolute atomic E-state index is 0.226. The summed E-state index contributed by atoms with van der Waals surface area (Å²) in [5, 5.41) is 0. The number of methoxy groups -OCH3 is 4. The predicted octanol–water partition coefficient (Wildman–Crippen LogP) is 5.52. The van der Waals surface area contributed by atoms with Gasteiger partial charge in [0, 0.05) is 24.0 Å². The summed E-state index contributed by atoms with van der Waals surface area (Å²) in [6, 6.07) is 14.1. The van der Waals surface area contributed by atoms with Gasteiger partial charge in [-0.05, 0) is 103 Å². The molecule has 0 heterocycles. The largest absolute Gasteiger partial charge is 0.481 e. The van der Waals surface area contributed by atoms with Crippen molar-refractivity contribution in [3.63, 3.8) is 0 Å². The van der Waals surface area contributed by atoms with Crippen LogP contribution in [-0.4, -0.2) is 91.3 Å². The Kier molecular flexibility index (Phi) is 16.1. The van der Waals surface area contributed by atoms with E-state index in [1.54, 1.807) is 36.4 Å². The van der Waals surface area contributed by atoms with E-state index in [2.05, 4.69) is 9.47 Å². The summed E-state index contributed by atoms with van der Waals surface area (Å²) in [6.07, 6.45) is 2.39. The monoisotopic (exact) mass is 812 g/mol. The molecule has 4 rings (SSSR count). The lowest BCUT2D eigenvalue weighted by Crippen LogP contribution is -2.16. The van der Waals surface area contributed by atoms with Crippen molar-refractivity contribution >= 4 is 36.4 Å². The van der Waals surface area contributed by atoms with Gasteiger partial charge in [-0.1, -0.05) is 24.3 Å². The molecule has 0 spiro atoms. The molecule has 0 fully saturated rings. The van der Waals surface area contributed by atoms with Crippen molar-refractivity contribution in [2.24, 2.45) is 0 Å². The zero-order valence-corrected chi connectivity index (χ0v) is 34.4. The van der Waals surface area contributed by atoms with E-state index >= 15 is 0 Å². The summed E-state index contributed by atoms with van der Waals surface area (Å²) in [4.78, 5) is 71.9. The fourth-order valence-electron chi connectivity index (χ4n) is 6.52. The molecular weight excluding hydrogens is 764 g/mol. The Morgan fingerprint density at radius 3 is 1.14 bits per heavy atom. The maximum absolute atomic E-state index is 12.2. The maximum atomic E-state index is 12.2. The van der Waals surface area contributed by atoms with Crippen LogP contribution < -0.4 is 18.9 Å². The molecule has 0 amide bonds. The van der Waals surface area contributed by atoms with Crippen molar-refractivity contribution in [2.75, 3.05) is 54.9 Å². The summed E-state index contributed by atoms with van der Waals surface area (Å²) < 4.78 is 42.1. The number of aryl methyl sites for hydroxylation is 2. The topological polar surface area (TPSA) is 176 Å². The molecule has 14 heteroatoms. The molecule has 4 aromatic rings. The van der Waals surface area contributed by atoms with E-state index in [-0.39, 0.29) is 49.1 Å². The zero-order valence-electron chi connectivity index (χ0n) is 34.4. The van der Waals surface area contributed by atoms with Gasteiger partial charge in [0.05, 0.1) is 39.6 Å². The molecule has 0 unspecified atom stereocenters. The number of carbonyl (C=O) groups is 6. The van der Waals surface area contributed by atoms with Gasteiger partial charge in [-0.2, -0.15) is 0 Å². The number of hydrogen-bond donors (Lipinski definition) is 0. The Hall–Kier alpha value is -6.70. The van der Waals surface area contributed by atoms with Gasteiger partial charge in [0.25, 0.3) is 0 Å². The smallest absolute Gasteiger partial charge is 0.343 e. The van der Waals surface area contributed by atoms with Gasteiger partial charge >= 0.3 is 23.9 Å². The van der Waals surface area contributed by atoms with Crippen LogP contribution in [0.2, 0.25) is 0 Å². The highest BCUT2D eigenvalue weighted by Crippen LogP contribution is 2.37. The SMILES string of the molecule is COC(=O)COc1ccc(Cc2c(C)c(Cc3cc(C)c(OCC(=O)OC)c(Cc4ccc(OCC(=O)OC)c(C=O)c4)c3C)cc(C)c2OCC(=O)OC)cc1C=O. The van der Waals surface area contributed by atoms with Crippen LogP contribution in [-0.2, 0) is 57.4 Å². The number of benzene rings is 4. The van der Waals surface area contributed by atoms with Gasteiger partial charge in [-0.3, -0.25) is 9.59 Å². The van der Waals surface area contributed by atoms with Crippen molar-refractivity contribution in [1.29, 1.82) is 0 Å². The van der Waals surface area contributed by atoms with Crippen molar-refractivity contribution in [3.05, 3.63) is 115 Å². The summed E-state index contributed by atoms with van der Waals surface area (Å²) in [5.74, 6) is -0.832. The minimum Gasteiger partial charge on any atom is -0.481 e. The van der Waals surface area contributed by atoms with E-state index in [0.29, 0.717) is 43.3 Å². The number of esters is 4. The molecule has 0 saturated heterocycles. The number of rotatable bonds is 20. The quantitative estimate of drug-likeness (QED) is 0.0619. The number of carbonyl (C=O) groups excluding carboxylic acids is 6. The lowest BCUT2D eigenvalue weighted by atomic mass is 9.86. The first kappa shape index (κ1) is 45.0. The molecule has 59 heavy (non-hydrogen) atoms. The van der Waals surface area contributed by atoms with E-state index in [4.69, 9.17) is 28.4 Å². The summed E-state index contributed by atoms with van der Waals surface area (Å²) in [7, 11) is 5.04. The Labute approximate surface area is 342 Å². The average molecular weight is 813 g/mol. The van der Waals surface area contributed by atoms with Crippen LogP contribution in [0.3, 0.4) is 0 Å². The Bertz CT molecular complexity index is 2070. The van der Waals surface area contributed by atoms with Gasteiger partial charge in [0.1, 0.15) is 23.0 Å². The third-order valence-corrected chi connectivity index (χ3v) is 9.73. The first-order valence-electron chi connectivity index (χ1n) is 18.5. The van der Waals surface area contributed by atoms with Gasteiger partial charge < -0.3 is 37.9 Å². The summed E-state index contributed by atoms with van der Waals surface area (Å²) >= 11 is 0. The van der Waals surface area contributed by atoms with E-state index < -0.39 is 23.9 Å². The molecule has 0 aliphatic heterocycles. The number of ether oxygens (including phenoxy) is 8. The second kappa shape index (κ2) is 21.2. The maximum Gasteiger partial charge on any atom is 0.343 e. The van der Waals surface area contributed by atoms with Crippen molar-refractivity contribution in [2.45, 2.75) is 47.0 Å². The van der Waals surface area contributed by atoms with Crippen LogP contribution >= 0.6 is 0 Å². The van der Waals surface area contributed by atoms with Crippen molar-refractivity contribution < 1.29 is 66.7 Å². The molecule has 0 atom stereocenters. The molecule has 0 bridgehead atoms. The molecular formula is C45H48O14. The molecule has 4 aromatic carbocycles. The second-order valence-electron chi connectivity index (χ2n) is 13.5. The molecule has 0 radical (unpaired) electrons. The third kappa shape index (κ3) is 11.7. The molecule has 0 aliphatic rings. The Morgan fingerprint density at radius 1 is 0.475 bits per heavy atom. The second-order valence-corrected chi connectivity index (χ2v) is 13.5. The van der Waals surface area contributed by atoms with Crippen LogP contribution in [0.15, 0.2) is 48.5 Å². The first-order valence-corrected chi connectivity index (χ1v) is 18.5. The minimum atomic E-state index is -0.591. The highest BCUT2D eigenvalue weighted by Gasteiger charge is 2.22. The van der Waals surface area contributed by atoms with Gasteiger partial charge in [-0.15, -0.1) is 0 Å². The normalized spacial score (nSPS) is 10.6. The van der Waals surface area contributed by atoms with E-state index in [1.807, 2.05) is 39.8 Å². The van der Waals surface area contributed by atoms with E-state index in [9.17, 15) is 28.8 Å². The van der Waals surface area contributed by atoms with Gasteiger partial charge in [0.15, 0.2) is 39.0 Å². The highest BCUT2D eigenvalue weighted by molar-refractivity contribution is 5.81. The molecule has 312 valence electrons. The third-order valence-electron chi connectivity index (χ3n) is 9.73. The van der Waals surface area contributed by atoms with Gasteiger partial charge in [0.2, 0.25) is 0 Å². The molecule has 14 nitrogen and oxygen atoms in total.